The minimum Gasteiger partial charge on any atom is -0.353 e. The van der Waals surface area contributed by atoms with Gasteiger partial charge in [-0.2, -0.15) is 13.5 Å². The molecule has 0 bridgehead atoms. The van der Waals surface area contributed by atoms with E-state index in [1.165, 1.54) is 5.56 Å². The second kappa shape index (κ2) is 12.6. The minimum absolute atomic E-state index is 0.0746. The molecule has 12 nitrogen and oxygen atoms in total. The third-order valence-corrected chi connectivity index (χ3v) is 7.66. The van der Waals surface area contributed by atoms with Gasteiger partial charge in [0.15, 0.2) is 0 Å². The van der Waals surface area contributed by atoms with Gasteiger partial charge in [-0.3, -0.25) is 14.7 Å². The van der Waals surface area contributed by atoms with Crippen molar-refractivity contribution in [3.8, 4) is 5.69 Å². The molecule has 1 aromatic carbocycles. The number of pyridine rings is 1. The molecule has 13 heteroatoms. The lowest BCUT2D eigenvalue weighted by molar-refractivity contribution is -0.139. The first kappa shape index (κ1) is 32.9. The van der Waals surface area contributed by atoms with Crippen LogP contribution >= 0.6 is 0 Å². The summed E-state index contributed by atoms with van der Waals surface area (Å²) >= 11 is 0. The van der Waals surface area contributed by atoms with E-state index >= 15 is 0 Å². The van der Waals surface area contributed by atoms with Gasteiger partial charge in [0, 0.05) is 43.1 Å². The molecule has 0 radical (unpaired) electrons. The van der Waals surface area contributed by atoms with E-state index in [0.29, 0.717) is 30.9 Å². The number of carbonyl (C=O) groups is 2. The molecule has 2 aromatic heterocycles. The predicted molar refractivity (Wildman–Crippen MR) is 172 cm³/mol. The summed E-state index contributed by atoms with van der Waals surface area (Å²) in [6.07, 6.45) is 4.60. The average molecular weight is 626 g/mol. The molecule has 44 heavy (non-hydrogen) atoms. The van der Waals surface area contributed by atoms with Gasteiger partial charge in [-0.05, 0) is 50.5 Å². The molecule has 0 atom stereocenters. The lowest BCUT2D eigenvalue weighted by atomic mass is 9.94. The lowest BCUT2D eigenvalue weighted by Gasteiger charge is -2.38. The molecular formula is C31H43N7O5S. The minimum atomic E-state index is -3.67. The normalized spacial score (nSPS) is 16.1. The van der Waals surface area contributed by atoms with E-state index in [4.69, 9.17) is 9.65 Å². The van der Waals surface area contributed by atoms with E-state index in [1.54, 1.807) is 10.9 Å². The van der Waals surface area contributed by atoms with Crippen LogP contribution in [0.2, 0.25) is 0 Å². The van der Waals surface area contributed by atoms with Crippen molar-refractivity contribution in [3.63, 3.8) is 0 Å². The van der Waals surface area contributed by atoms with Gasteiger partial charge in [0.25, 0.3) is 10.1 Å². The summed E-state index contributed by atoms with van der Waals surface area (Å²) in [5, 5.41) is 10.8. The molecule has 0 unspecified atom stereocenters. The molecule has 3 N–H and O–H groups in total. The second-order valence-corrected chi connectivity index (χ2v) is 14.4. The number of anilines is 3. The Morgan fingerprint density at radius 2 is 1.57 bits per heavy atom. The smallest absolute Gasteiger partial charge is 0.324 e. The molecule has 238 valence electrons. The molecule has 0 spiro atoms. The summed E-state index contributed by atoms with van der Waals surface area (Å²) < 4.78 is 27.7. The maximum absolute atomic E-state index is 13.0. The van der Waals surface area contributed by atoms with Crippen LogP contribution < -0.4 is 15.5 Å². The number of nitrogens with one attached hydrogen (secondary N) is 2. The maximum Gasteiger partial charge on any atom is 0.324 e. The highest BCUT2D eigenvalue weighted by Crippen LogP contribution is 2.47. The summed E-state index contributed by atoms with van der Waals surface area (Å²) in [7, 11) is -3.67. The molecule has 3 aromatic rings. The zero-order valence-corrected chi connectivity index (χ0v) is 27.3. The van der Waals surface area contributed by atoms with Crippen LogP contribution in [0.3, 0.4) is 0 Å². The third kappa shape index (κ3) is 8.56. The molecule has 1 saturated carbocycles. The maximum atomic E-state index is 13.0. The van der Waals surface area contributed by atoms with Crippen LogP contribution in [0.25, 0.3) is 5.69 Å². The average Bonchev–Trinajstić information content (AvgIpc) is 3.53. The number of carbonyl (C=O) groups excluding carboxylic acids is 2. The molecule has 3 heterocycles. The summed E-state index contributed by atoms with van der Waals surface area (Å²) in [6.45, 7) is 14.9. The van der Waals surface area contributed by atoms with E-state index in [1.807, 2.05) is 75.9 Å². The fraction of sp³-hybridized carbons (Fsp3) is 0.484. The van der Waals surface area contributed by atoms with Gasteiger partial charge < -0.3 is 15.1 Å². The van der Waals surface area contributed by atoms with E-state index in [0.717, 1.165) is 48.7 Å². The third-order valence-electron chi connectivity index (χ3n) is 7.66. The molecule has 2 aliphatic rings. The summed E-state index contributed by atoms with van der Waals surface area (Å²) in [4.78, 5) is 34.4. The Kier molecular flexibility index (Phi) is 9.40. The van der Waals surface area contributed by atoms with E-state index in [9.17, 15) is 18.0 Å². The van der Waals surface area contributed by atoms with Gasteiger partial charge in [0.05, 0.1) is 29.5 Å². The molecule has 3 amide bonds. The Bertz CT molecular complexity index is 1610. The molecule has 5 rings (SSSR count). The largest absolute Gasteiger partial charge is 0.353 e. The topological polar surface area (TPSA) is 150 Å². The van der Waals surface area contributed by atoms with Gasteiger partial charge in [-0.1, -0.05) is 45.4 Å². The van der Waals surface area contributed by atoms with Crippen molar-refractivity contribution < 1.29 is 22.6 Å². The predicted octanol–water partition coefficient (Wildman–Crippen LogP) is 4.78. The number of aromatic nitrogens is 3. The first-order valence-corrected chi connectivity index (χ1v) is 16.5. The van der Waals surface area contributed by atoms with Gasteiger partial charge >= 0.3 is 6.03 Å². The number of urea groups is 1. The highest BCUT2D eigenvalue weighted by molar-refractivity contribution is 7.85. The van der Waals surface area contributed by atoms with Gasteiger partial charge in [0.2, 0.25) is 5.91 Å². The fourth-order valence-corrected chi connectivity index (χ4v) is 4.93. The van der Waals surface area contributed by atoms with Crippen molar-refractivity contribution in [2.75, 3.05) is 48.0 Å². The van der Waals surface area contributed by atoms with E-state index in [-0.39, 0.29) is 22.8 Å². The fourth-order valence-electron chi connectivity index (χ4n) is 4.93. The monoisotopic (exact) mass is 625 g/mol. The van der Waals surface area contributed by atoms with Crippen molar-refractivity contribution in [2.45, 2.75) is 59.8 Å². The Hall–Kier alpha value is -3.97. The molecular weight excluding hydrogens is 582 g/mol. The van der Waals surface area contributed by atoms with Crippen LogP contribution in [-0.4, -0.2) is 77.0 Å². The quantitative estimate of drug-likeness (QED) is 0.343. The van der Waals surface area contributed by atoms with E-state index < -0.39 is 10.1 Å². The Labute approximate surface area is 259 Å². The molecule has 1 aliphatic carbocycles. The number of piperazine rings is 1. The Morgan fingerprint density at radius 1 is 0.977 bits per heavy atom. The second-order valence-electron chi connectivity index (χ2n) is 12.9. The highest BCUT2D eigenvalue weighted by Gasteiger charge is 2.42. The number of nitrogens with zero attached hydrogens (tertiary/aromatic N) is 5. The SMILES string of the molecule is CS(=O)(=O)O.Cc1ccc(-n2nc(C3(C)CC3)cc2NC(=O)Nc2cnc(N3CCN(C(=O)C(C)(C)C)CC3)c(C)c2)cc1. The first-order chi connectivity index (χ1) is 20.4. The first-order valence-electron chi connectivity index (χ1n) is 14.6. The highest BCUT2D eigenvalue weighted by atomic mass is 32.2. The number of hydrogen-bond donors (Lipinski definition) is 3. The van der Waals surface area contributed by atoms with Crippen LogP contribution in [0.4, 0.5) is 22.1 Å². The Morgan fingerprint density at radius 3 is 2.09 bits per heavy atom. The van der Waals surface area contributed by atoms with Crippen LogP contribution in [-0.2, 0) is 20.3 Å². The number of hydrogen-bond acceptors (Lipinski definition) is 7. The van der Waals surface area contributed by atoms with E-state index in [2.05, 4.69) is 27.4 Å². The van der Waals surface area contributed by atoms with Gasteiger partial charge in [-0.15, -0.1) is 0 Å². The van der Waals surface area contributed by atoms with Crippen LogP contribution in [0, 0.1) is 19.3 Å². The molecule has 1 aliphatic heterocycles. The Balaban J connectivity index is 0.000000818. The van der Waals surface area contributed by atoms with Crippen molar-refractivity contribution in [3.05, 3.63) is 59.4 Å². The van der Waals surface area contributed by atoms with Gasteiger partial charge in [0.1, 0.15) is 11.6 Å². The van der Waals surface area contributed by atoms with Gasteiger partial charge in [-0.25, -0.2) is 14.5 Å². The van der Waals surface area contributed by atoms with Crippen molar-refractivity contribution in [1.82, 2.24) is 19.7 Å². The van der Waals surface area contributed by atoms with Crippen LogP contribution in [0.15, 0.2) is 42.6 Å². The summed E-state index contributed by atoms with van der Waals surface area (Å²) in [5.74, 6) is 1.69. The zero-order chi connectivity index (χ0) is 32.4. The molecule has 2 fully saturated rings. The molecule has 1 saturated heterocycles. The van der Waals surface area contributed by atoms with Crippen molar-refractivity contribution in [2.24, 2.45) is 5.41 Å². The standard InChI is InChI=1S/C30H39N7O2.CH4O3S/c1-20-7-9-23(10-8-20)37-25(18-24(34-37)30(6)11-12-30)33-28(39)32-22-17-21(2)26(31-19-22)35-13-15-36(16-14-35)27(38)29(3,4)5;1-5(2,3)4/h7-10,17-19H,11-16H2,1-6H3,(H2,32,33,39);1H3,(H,2,3,4). The number of amides is 3. The lowest BCUT2D eigenvalue weighted by Crippen LogP contribution is -2.52. The number of benzene rings is 1. The van der Waals surface area contributed by atoms with Crippen molar-refractivity contribution >= 4 is 39.4 Å². The van der Waals surface area contributed by atoms with Crippen LogP contribution in [0.5, 0.6) is 0 Å². The summed E-state index contributed by atoms with van der Waals surface area (Å²) in [5.41, 5.74) is 4.34. The number of rotatable bonds is 5. The van der Waals surface area contributed by atoms with Crippen molar-refractivity contribution in [1.29, 1.82) is 0 Å². The van der Waals surface area contributed by atoms with Crippen LogP contribution in [0.1, 0.15) is 57.4 Å². The summed E-state index contributed by atoms with van der Waals surface area (Å²) in [6, 6.07) is 11.7. The number of aryl methyl sites for hydroxylation is 2. The zero-order valence-electron chi connectivity index (χ0n) is 26.5.